The van der Waals surface area contributed by atoms with Crippen LogP contribution in [0.2, 0.25) is 5.02 Å². The van der Waals surface area contributed by atoms with E-state index in [-0.39, 0.29) is 0 Å². The van der Waals surface area contributed by atoms with Crippen molar-refractivity contribution >= 4 is 28.5 Å². The van der Waals surface area contributed by atoms with Crippen LogP contribution >= 0.6 is 11.6 Å². The molecule has 0 saturated carbocycles. The van der Waals surface area contributed by atoms with Crippen LogP contribution in [0.5, 0.6) is 0 Å². The lowest BCUT2D eigenvalue weighted by atomic mass is 9.99. The number of anilines is 1. The van der Waals surface area contributed by atoms with E-state index in [4.69, 9.17) is 27.5 Å². The Morgan fingerprint density at radius 2 is 1.79 bits per heavy atom. The maximum absolute atomic E-state index is 8.71. The van der Waals surface area contributed by atoms with Crippen molar-refractivity contribution in [3.8, 4) is 11.3 Å². The molecule has 4 rings (SSSR count). The summed E-state index contributed by atoms with van der Waals surface area (Å²) in [6.07, 6.45) is 0.950. The summed E-state index contributed by atoms with van der Waals surface area (Å²) in [4.78, 5) is 8.53. The lowest BCUT2D eigenvalue weighted by Gasteiger charge is -2.11. The van der Waals surface area contributed by atoms with Gasteiger partial charge in [0, 0.05) is 16.1 Å². The van der Waals surface area contributed by atoms with Gasteiger partial charge in [-0.3, -0.25) is 0 Å². The summed E-state index contributed by atoms with van der Waals surface area (Å²) in [5.74, 6) is 0.784. The minimum absolute atomic E-state index is 0.363. The molecule has 0 radical (unpaired) electrons. The number of benzene rings is 2. The minimum Gasteiger partial charge on any atom is -0.438 e. The van der Waals surface area contributed by atoms with Gasteiger partial charge in [-0.2, -0.15) is 5.10 Å². The second kappa shape index (κ2) is 7.81. The molecule has 1 unspecified atom stereocenters. The van der Waals surface area contributed by atoms with E-state index in [1.54, 1.807) is 4.68 Å². The van der Waals surface area contributed by atoms with Crippen molar-refractivity contribution in [1.82, 2.24) is 19.7 Å². The molecule has 0 spiro atoms. The van der Waals surface area contributed by atoms with E-state index in [1.165, 1.54) is 11.9 Å². The van der Waals surface area contributed by atoms with Crippen LogP contribution in [0.3, 0.4) is 0 Å². The first-order valence-corrected chi connectivity index (χ1v) is 9.85. The second-order valence-corrected chi connectivity index (χ2v) is 7.81. The molecule has 29 heavy (non-hydrogen) atoms. The van der Waals surface area contributed by atoms with Crippen LogP contribution < -0.4 is 5.73 Å². The van der Waals surface area contributed by atoms with Crippen LogP contribution in [-0.4, -0.2) is 24.9 Å². The van der Waals surface area contributed by atoms with Crippen molar-refractivity contribution in [2.45, 2.75) is 32.4 Å². The first-order valence-electron chi connectivity index (χ1n) is 9.48. The van der Waals surface area contributed by atoms with Crippen LogP contribution in [0.4, 0.5) is 5.82 Å². The summed E-state index contributed by atoms with van der Waals surface area (Å²) in [6.45, 7) is 4.66. The van der Waals surface area contributed by atoms with Gasteiger partial charge in [0.05, 0.1) is 5.39 Å². The Kier molecular flexibility index (Phi) is 5.22. The van der Waals surface area contributed by atoms with Crippen molar-refractivity contribution in [1.29, 1.82) is 0 Å². The van der Waals surface area contributed by atoms with Crippen LogP contribution in [0, 0.1) is 0 Å². The molecular formula is C22H23ClN5O+. The van der Waals surface area contributed by atoms with Gasteiger partial charge in [0.15, 0.2) is 11.8 Å². The normalized spacial score (nSPS) is 12.6. The molecule has 0 bridgehead atoms. The summed E-state index contributed by atoms with van der Waals surface area (Å²) < 4.78 is 1.75. The highest BCUT2D eigenvalue weighted by Gasteiger charge is 2.21. The largest absolute Gasteiger partial charge is 0.438 e. The molecule has 0 aliphatic heterocycles. The fraction of sp³-hybridized carbons (Fsp3) is 0.227. The molecule has 1 atom stereocenters. The average molecular weight is 409 g/mol. The van der Waals surface area contributed by atoms with Crippen LogP contribution in [0.25, 0.3) is 22.3 Å². The Morgan fingerprint density at radius 3 is 2.52 bits per heavy atom. The predicted octanol–water partition coefficient (Wildman–Crippen LogP) is 4.32. The van der Waals surface area contributed by atoms with Crippen molar-refractivity contribution in [2.75, 3.05) is 5.73 Å². The Bertz CT molecular complexity index is 1150. The second-order valence-electron chi connectivity index (χ2n) is 7.37. The van der Waals surface area contributed by atoms with E-state index in [0.717, 1.165) is 11.1 Å². The summed E-state index contributed by atoms with van der Waals surface area (Å²) in [5, 5.41) is 14.8. The Hall–Kier alpha value is -2.96. The fourth-order valence-corrected chi connectivity index (χ4v) is 3.51. The molecule has 6 nitrogen and oxygen atoms in total. The maximum atomic E-state index is 8.71. The SMILES string of the molecule is CC(C)c1cccc(C([OH2+])Cn2nc(-c3ccc(Cl)cc3)c3c(N)ncnc32)c1. The smallest absolute Gasteiger partial charge is 0.199 e. The third-order valence-electron chi connectivity index (χ3n) is 5.01. The summed E-state index contributed by atoms with van der Waals surface area (Å²) in [6, 6.07) is 15.6. The van der Waals surface area contributed by atoms with E-state index in [0.29, 0.717) is 40.0 Å². The zero-order valence-electron chi connectivity index (χ0n) is 16.3. The lowest BCUT2D eigenvalue weighted by Crippen LogP contribution is -2.11. The number of fused-ring (bicyclic) bond motifs is 1. The Balaban J connectivity index is 1.75. The van der Waals surface area contributed by atoms with Gasteiger partial charge in [0.1, 0.15) is 24.4 Å². The van der Waals surface area contributed by atoms with Crippen molar-refractivity contribution in [2.24, 2.45) is 0 Å². The van der Waals surface area contributed by atoms with E-state index >= 15 is 0 Å². The Morgan fingerprint density at radius 1 is 1.07 bits per heavy atom. The molecule has 0 fully saturated rings. The zero-order chi connectivity index (χ0) is 20.5. The fourth-order valence-electron chi connectivity index (χ4n) is 3.38. The first-order chi connectivity index (χ1) is 13.9. The van der Waals surface area contributed by atoms with Crippen LogP contribution in [0.15, 0.2) is 54.9 Å². The number of nitrogen functional groups attached to an aromatic ring is 1. The van der Waals surface area contributed by atoms with E-state index in [1.807, 2.05) is 36.4 Å². The van der Waals surface area contributed by atoms with Gasteiger partial charge >= 0.3 is 0 Å². The Labute approximate surface area is 174 Å². The van der Waals surface area contributed by atoms with Gasteiger partial charge in [-0.25, -0.2) is 14.6 Å². The highest BCUT2D eigenvalue weighted by Crippen LogP contribution is 2.31. The summed E-state index contributed by atoms with van der Waals surface area (Å²) in [5.41, 5.74) is 10.5. The molecule has 4 aromatic rings. The standard InChI is InChI=1S/C22H22ClN5O/c1-13(2)15-4-3-5-16(10-15)18(29)11-28-22-19(21(24)25-12-26-22)20(27-28)14-6-8-17(23)9-7-14/h3-10,12-13,18,29H,11H2,1-2H3,(H2,24,25,26)/p+1. The molecule has 0 amide bonds. The van der Waals surface area contributed by atoms with Crippen LogP contribution in [-0.2, 0) is 6.54 Å². The molecule has 4 N–H and O–H groups in total. The summed E-state index contributed by atoms with van der Waals surface area (Å²) in [7, 11) is 0. The monoisotopic (exact) mass is 408 g/mol. The molecule has 2 heterocycles. The van der Waals surface area contributed by atoms with E-state index < -0.39 is 6.10 Å². The molecule has 7 heteroatoms. The molecule has 148 valence electrons. The predicted molar refractivity (Wildman–Crippen MR) is 117 cm³/mol. The number of nitrogens with zero attached hydrogens (tertiary/aromatic N) is 4. The van der Waals surface area contributed by atoms with Crippen molar-refractivity contribution < 1.29 is 5.11 Å². The van der Waals surface area contributed by atoms with Crippen molar-refractivity contribution in [3.05, 3.63) is 71.0 Å². The molecule has 0 aliphatic carbocycles. The maximum Gasteiger partial charge on any atom is 0.199 e. The van der Waals surface area contributed by atoms with Gasteiger partial charge in [0.25, 0.3) is 0 Å². The van der Waals surface area contributed by atoms with Gasteiger partial charge in [-0.15, -0.1) is 0 Å². The molecule has 2 aromatic carbocycles. The third kappa shape index (κ3) is 3.81. The molecule has 0 saturated heterocycles. The number of hydrogen-bond acceptors (Lipinski definition) is 4. The van der Waals surface area contributed by atoms with E-state index in [2.05, 4.69) is 35.9 Å². The minimum atomic E-state index is -0.481. The zero-order valence-corrected chi connectivity index (χ0v) is 17.1. The van der Waals surface area contributed by atoms with E-state index in [9.17, 15) is 0 Å². The van der Waals surface area contributed by atoms with Gasteiger partial charge < -0.3 is 10.8 Å². The lowest BCUT2D eigenvalue weighted by molar-refractivity contribution is 0.153. The number of hydrogen-bond donors (Lipinski definition) is 1. The van der Waals surface area contributed by atoms with Gasteiger partial charge in [-0.05, 0) is 29.7 Å². The topological polar surface area (TPSA) is 92.5 Å². The molecule has 0 aliphatic rings. The van der Waals surface area contributed by atoms with Crippen molar-refractivity contribution in [3.63, 3.8) is 0 Å². The third-order valence-corrected chi connectivity index (χ3v) is 5.26. The molecule has 2 aromatic heterocycles. The highest BCUT2D eigenvalue weighted by atomic mass is 35.5. The number of rotatable bonds is 5. The highest BCUT2D eigenvalue weighted by molar-refractivity contribution is 6.30. The number of halogens is 1. The number of nitrogens with two attached hydrogens (primary N) is 1. The number of aromatic nitrogens is 4. The average Bonchev–Trinajstić information content (AvgIpc) is 3.08. The first kappa shape index (κ1) is 19.4. The van der Waals surface area contributed by atoms with Gasteiger partial charge in [0.2, 0.25) is 0 Å². The molecular weight excluding hydrogens is 386 g/mol. The summed E-state index contributed by atoms with van der Waals surface area (Å²) >= 11 is 6.03. The van der Waals surface area contributed by atoms with Crippen LogP contribution in [0.1, 0.15) is 37.0 Å². The van der Waals surface area contributed by atoms with Gasteiger partial charge in [-0.1, -0.05) is 55.8 Å². The quantitative estimate of drug-likeness (QED) is 0.497.